The molecule has 0 aliphatic heterocycles. The molecule has 0 unspecified atom stereocenters. The van der Waals surface area contributed by atoms with Gasteiger partial charge in [-0.15, -0.1) is 5.10 Å². The van der Waals surface area contributed by atoms with E-state index in [9.17, 15) is 9.90 Å². The largest absolute Gasteiger partial charge is 0.481 e. The molecule has 0 atom stereocenters. The van der Waals surface area contributed by atoms with Gasteiger partial charge in [0.25, 0.3) is 0 Å². The number of nitrogens with zero attached hydrogens (tertiary/aromatic N) is 5. The zero-order chi connectivity index (χ0) is 14.0. The molecule has 7 nitrogen and oxygen atoms in total. The molecule has 1 aliphatic rings. The van der Waals surface area contributed by atoms with E-state index in [2.05, 4.69) is 20.5 Å². The smallest absolute Gasteiger partial charge is 0.311 e. The van der Waals surface area contributed by atoms with Crippen LogP contribution in [0.5, 0.6) is 0 Å². The van der Waals surface area contributed by atoms with Crippen molar-refractivity contribution in [3.63, 3.8) is 0 Å². The fourth-order valence-electron chi connectivity index (χ4n) is 2.77. The fraction of sp³-hybridized carbons (Fsp3) is 0.462. The number of carboxylic acid groups (broad SMARTS) is 1. The molecule has 0 bridgehead atoms. The number of aliphatic carboxylic acids is 1. The van der Waals surface area contributed by atoms with Crippen LogP contribution in [0.15, 0.2) is 24.4 Å². The van der Waals surface area contributed by atoms with Crippen LogP contribution in [-0.4, -0.2) is 36.3 Å². The zero-order valence-corrected chi connectivity index (χ0v) is 10.9. The molecular formula is C13H15N5O2. The second kappa shape index (κ2) is 4.99. The lowest BCUT2D eigenvalue weighted by Crippen LogP contribution is -2.33. The maximum Gasteiger partial charge on any atom is 0.311 e. The number of carboxylic acids is 1. The third-order valence-electron chi connectivity index (χ3n) is 3.89. The lowest BCUT2D eigenvalue weighted by atomic mass is 9.86. The average Bonchev–Trinajstić information content (AvgIpc) is 3.10. The molecule has 2 aromatic rings. The van der Waals surface area contributed by atoms with E-state index in [1.165, 1.54) is 0 Å². The number of tetrazole rings is 1. The molecule has 0 radical (unpaired) electrons. The van der Waals surface area contributed by atoms with Gasteiger partial charge in [-0.1, -0.05) is 18.9 Å². The molecule has 1 N–H and O–H groups in total. The van der Waals surface area contributed by atoms with Crippen LogP contribution >= 0.6 is 0 Å². The van der Waals surface area contributed by atoms with Crippen molar-refractivity contribution >= 4 is 5.97 Å². The summed E-state index contributed by atoms with van der Waals surface area (Å²) in [6, 6.07) is 5.47. The summed E-state index contributed by atoms with van der Waals surface area (Å²) in [5.74, 6) is -0.254. The van der Waals surface area contributed by atoms with Gasteiger partial charge in [-0.05, 0) is 35.4 Å². The zero-order valence-electron chi connectivity index (χ0n) is 10.9. The molecule has 7 heteroatoms. The van der Waals surface area contributed by atoms with Gasteiger partial charge in [-0.3, -0.25) is 9.78 Å². The van der Waals surface area contributed by atoms with Crippen LogP contribution in [0.3, 0.4) is 0 Å². The standard InChI is InChI=1S/C13H15N5O2/c19-12(20)13(6-2-3-7-13)9-18-11(15-16-17-18)10-5-1-4-8-14-10/h1,4-5,8H,2-3,6-7,9H2,(H,19,20). The molecule has 20 heavy (non-hydrogen) atoms. The van der Waals surface area contributed by atoms with E-state index in [1.54, 1.807) is 10.9 Å². The van der Waals surface area contributed by atoms with E-state index in [0.717, 1.165) is 12.8 Å². The predicted molar refractivity (Wildman–Crippen MR) is 69.6 cm³/mol. The third-order valence-corrected chi connectivity index (χ3v) is 3.89. The van der Waals surface area contributed by atoms with Crippen molar-refractivity contribution in [3.05, 3.63) is 24.4 Å². The first-order valence-electron chi connectivity index (χ1n) is 6.62. The summed E-state index contributed by atoms with van der Waals surface area (Å²) in [5, 5.41) is 21.1. The summed E-state index contributed by atoms with van der Waals surface area (Å²) in [4.78, 5) is 15.8. The minimum atomic E-state index is -0.766. The highest BCUT2D eigenvalue weighted by atomic mass is 16.4. The molecule has 0 saturated heterocycles. The summed E-state index contributed by atoms with van der Waals surface area (Å²) in [7, 11) is 0. The molecule has 104 valence electrons. The number of pyridine rings is 1. The molecule has 1 aliphatic carbocycles. The van der Waals surface area contributed by atoms with Gasteiger partial charge in [0.05, 0.1) is 12.0 Å². The van der Waals surface area contributed by atoms with E-state index >= 15 is 0 Å². The maximum atomic E-state index is 11.6. The van der Waals surface area contributed by atoms with Crippen molar-refractivity contribution in [2.45, 2.75) is 32.2 Å². The monoisotopic (exact) mass is 273 g/mol. The molecule has 0 spiro atoms. The van der Waals surface area contributed by atoms with Gasteiger partial charge < -0.3 is 5.11 Å². The van der Waals surface area contributed by atoms with Gasteiger partial charge in [0.1, 0.15) is 5.69 Å². The van der Waals surface area contributed by atoms with Crippen molar-refractivity contribution in [2.75, 3.05) is 0 Å². The maximum absolute atomic E-state index is 11.6. The molecule has 3 rings (SSSR count). The normalized spacial score (nSPS) is 17.2. The molecule has 1 saturated carbocycles. The van der Waals surface area contributed by atoms with Crippen molar-refractivity contribution in [2.24, 2.45) is 5.41 Å². The van der Waals surface area contributed by atoms with Crippen molar-refractivity contribution in [1.82, 2.24) is 25.2 Å². The van der Waals surface area contributed by atoms with E-state index in [1.807, 2.05) is 18.2 Å². The highest BCUT2D eigenvalue weighted by Gasteiger charge is 2.42. The second-order valence-corrected chi connectivity index (χ2v) is 5.17. The van der Waals surface area contributed by atoms with Crippen LogP contribution in [-0.2, 0) is 11.3 Å². The lowest BCUT2D eigenvalue weighted by molar-refractivity contribution is -0.149. The van der Waals surface area contributed by atoms with Crippen LogP contribution in [0, 0.1) is 5.41 Å². The van der Waals surface area contributed by atoms with Crippen LogP contribution < -0.4 is 0 Å². The van der Waals surface area contributed by atoms with Crippen LogP contribution in [0.1, 0.15) is 25.7 Å². The van der Waals surface area contributed by atoms with Crippen LogP contribution in [0.4, 0.5) is 0 Å². The molecule has 2 heterocycles. The van der Waals surface area contributed by atoms with Gasteiger partial charge in [0.2, 0.25) is 5.82 Å². The van der Waals surface area contributed by atoms with E-state index in [0.29, 0.717) is 30.9 Å². The predicted octanol–water partition coefficient (Wildman–Crippen LogP) is 1.38. The molecule has 0 aromatic carbocycles. The molecule has 0 amide bonds. The number of aromatic nitrogens is 5. The Hall–Kier alpha value is -2.31. The summed E-state index contributed by atoms with van der Waals surface area (Å²) in [5.41, 5.74) is -0.102. The minimum Gasteiger partial charge on any atom is -0.481 e. The topological polar surface area (TPSA) is 93.8 Å². The van der Waals surface area contributed by atoms with Crippen LogP contribution in [0.2, 0.25) is 0 Å². The number of hydrogen-bond acceptors (Lipinski definition) is 5. The molecule has 1 fully saturated rings. The lowest BCUT2D eigenvalue weighted by Gasteiger charge is -2.23. The van der Waals surface area contributed by atoms with Gasteiger partial charge in [0, 0.05) is 6.20 Å². The van der Waals surface area contributed by atoms with Gasteiger partial charge in [-0.25, -0.2) is 4.68 Å². The second-order valence-electron chi connectivity index (χ2n) is 5.17. The first kappa shape index (κ1) is 12.7. The van der Waals surface area contributed by atoms with E-state index in [4.69, 9.17) is 0 Å². The Morgan fingerprint density at radius 2 is 2.15 bits per heavy atom. The van der Waals surface area contributed by atoms with Crippen molar-refractivity contribution < 1.29 is 9.90 Å². The van der Waals surface area contributed by atoms with Crippen LogP contribution in [0.25, 0.3) is 11.5 Å². The van der Waals surface area contributed by atoms with E-state index < -0.39 is 11.4 Å². The Morgan fingerprint density at radius 3 is 2.80 bits per heavy atom. The quantitative estimate of drug-likeness (QED) is 0.904. The Kier molecular flexibility index (Phi) is 3.17. The third kappa shape index (κ3) is 2.15. The Bertz CT molecular complexity index is 604. The number of rotatable bonds is 4. The van der Waals surface area contributed by atoms with Gasteiger partial charge in [0.15, 0.2) is 0 Å². The van der Waals surface area contributed by atoms with Gasteiger partial charge in [-0.2, -0.15) is 0 Å². The van der Waals surface area contributed by atoms with E-state index in [-0.39, 0.29) is 0 Å². The number of hydrogen-bond donors (Lipinski definition) is 1. The molecule has 2 aromatic heterocycles. The summed E-state index contributed by atoms with van der Waals surface area (Å²) < 4.78 is 1.56. The van der Waals surface area contributed by atoms with Crippen molar-refractivity contribution in [1.29, 1.82) is 0 Å². The fourth-order valence-corrected chi connectivity index (χ4v) is 2.77. The highest BCUT2D eigenvalue weighted by Crippen LogP contribution is 2.40. The Labute approximate surface area is 115 Å². The summed E-state index contributed by atoms with van der Waals surface area (Å²) in [6.07, 6.45) is 4.88. The molecular weight excluding hydrogens is 258 g/mol. The minimum absolute atomic E-state index is 0.293. The summed E-state index contributed by atoms with van der Waals surface area (Å²) >= 11 is 0. The Morgan fingerprint density at radius 1 is 1.35 bits per heavy atom. The first-order chi connectivity index (χ1) is 9.71. The number of carbonyl (C=O) groups is 1. The summed E-state index contributed by atoms with van der Waals surface area (Å²) in [6.45, 7) is 0.293. The highest BCUT2D eigenvalue weighted by molar-refractivity contribution is 5.75. The average molecular weight is 273 g/mol. The van der Waals surface area contributed by atoms with Gasteiger partial charge >= 0.3 is 5.97 Å². The first-order valence-corrected chi connectivity index (χ1v) is 6.62. The Balaban J connectivity index is 1.93. The SMILES string of the molecule is O=C(O)C1(Cn2nnnc2-c2ccccn2)CCCC1. The van der Waals surface area contributed by atoms with Crippen molar-refractivity contribution in [3.8, 4) is 11.5 Å².